The first-order valence-corrected chi connectivity index (χ1v) is 6.84. The highest BCUT2D eigenvalue weighted by atomic mass is 16.5. The number of aromatic amines is 1. The van der Waals surface area contributed by atoms with Crippen LogP contribution in [-0.2, 0) is 9.53 Å². The Labute approximate surface area is 132 Å². The van der Waals surface area contributed by atoms with Crippen LogP contribution in [0, 0.1) is 0 Å². The van der Waals surface area contributed by atoms with E-state index in [1.54, 1.807) is 42.6 Å². The van der Waals surface area contributed by atoms with Crippen LogP contribution < -0.4 is 10.1 Å². The molecule has 0 spiro atoms. The van der Waals surface area contributed by atoms with Crippen LogP contribution in [0.25, 0.3) is 0 Å². The minimum Gasteiger partial charge on any atom is -0.497 e. The van der Waals surface area contributed by atoms with Gasteiger partial charge in [-0.1, -0.05) is 6.07 Å². The number of nitrogens with one attached hydrogen (secondary N) is 2. The summed E-state index contributed by atoms with van der Waals surface area (Å²) in [6.45, 7) is -0.706. The molecule has 0 radical (unpaired) electrons. The Morgan fingerprint density at radius 3 is 2.70 bits per heavy atom. The highest BCUT2D eigenvalue weighted by molar-refractivity contribution is 5.98. The number of carbonyl (C=O) groups excluding carboxylic acids is 3. The van der Waals surface area contributed by atoms with Gasteiger partial charge in [-0.15, -0.1) is 0 Å². The van der Waals surface area contributed by atoms with Crippen molar-refractivity contribution in [2.24, 2.45) is 0 Å². The van der Waals surface area contributed by atoms with Crippen molar-refractivity contribution in [1.29, 1.82) is 0 Å². The molecule has 0 bridgehead atoms. The SMILES string of the molecule is COc1cccc(C(=O)NCC(=O)OCC(=O)c2ccc[nH]2)c1. The minimum atomic E-state index is -0.693. The Morgan fingerprint density at radius 1 is 1.17 bits per heavy atom. The van der Waals surface area contributed by atoms with Crippen LogP contribution in [0.4, 0.5) is 0 Å². The monoisotopic (exact) mass is 316 g/mol. The largest absolute Gasteiger partial charge is 0.497 e. The van der Waals surface area contributed by atoms with E-state index >= 15 is 0 Å². The van der Waals surface area contributed by atoms with Crippen LogP contribution in [0.15, 0.2) is 42.6 Å². The van der Waals surface area contributed by atoms with E-state index in [4.69, 9.17) is 9.47 Å². The van der Waals surface area contributed by atoms with E-state index in [1.165, 1.54) is 7.11 Å². The van der Waals surface area contributed by atoms with Gasteiger partial charge in [-0.05, 0) is 30.3 Å². The van der Waals surface area contributed by atoms with E-state index in [0.29, 0.717) is 17.0 Å². The molecule has 0 saturated heterocycles. The number of methoxy groups -OCH3 is 1. The van der Waals surface area contributed by atoms with Crippen LogP contribution >= 0.6 is 0 Å². The lowest BCUT2D eigenvalue weighted by Crippen LogP contribution is -2.31. The van der Waals surface area contributed by atoms with Gasteiger partial charge in [-0.2, -0.15) is 0 Å². The van der Waals surface area contributed by atoms with Crippen LogP contribution in [0.1, 0.15) is 20.8 Å². The van der Waals surface area contributed by atoms with Crippen molar-refractivity contribution in [3.05, 3.63) is 53.9 Å². The second-order valence-corrected chi connectivity index (χ2v) is 4.58. The lowest BCUT2D eigenvalue weighted by molar-refractivity contribution is -0.141. The number of aromatic nitrogens is 1. The topological polar surface area (TPSA) is 97.5 Å². The summed E-state index contributed by atoms with van der Waals surface area (Å²) in [4.78, 5) is 37.8. The molecule has 2 N–H and O–H groups in total. The zero-order valence-electron chi connectivity index (χ0n) is 12.5. The molecule has 0 unspecified atom stereocenters. The van der Waals surface area contributed by atoms with Gasteiger partial charge in [0, 0.05) is 11.8 Å². The minimum absolute atomic E-state index is 0.325. The number of ketones is 1. The summed E-state index contributed by atoms with van der Waals surface area (Å²) in [7, 11) is 1.50. The third kappa shape index (κ3) is 4.70. The molecule has 0 fully saturated rings. The Balaban J connectivity index is 1.77. The van der Waals surface area contributed by atoms with Gasteiger partial charge in [0.15, 0.2) is 6.61 Å². The van der Waals surface area contributed by atoms with Crippen molar-refractivity contribution in [3.8, 4) is 5.75 Å². The lowest BCUT2D eigenvalue weighted by Gasteiger charge is -2.07. The molecule has 23 heavy (non-hydrogen) atoms. The number of esters is 1. The maximum Gasteiger partial charge on any atom is 0.325 e. The van der Waals surface area contributed by atoms with Crippen molar-refractivity contribution in [2.45, 2.75) is 0 Å². The normalized spacial score (nSPS) is 9.96. The number of H-pyrrole nitrogens is 1. The second-order valence-electron chi connectivity index (χ2n) is 4.58. The van der Waals surface area contributed by atoms with Crippen LogP contribution in [0.5, 0.6) is 5.75 Å². The summed E-state index contributed by atoms with van der Waals surface area (Å²) >= 11 is 0. The zero-order chi connectivity index (χ0) is 16.7. The Kier molecular flexibility index (Phi) is 5.51. The molecule has 0 aliphatic heterocycles. The highest BCUT2D eigenvalue weighted by Crippen LogP contribution is 2.12. The van der Waals surface area contributed by atoms with Gasteiger partial charge in [0.05, 0.1) is 12.8 Å². The van der Waals surface area contributed by atoms with Crippen molar-refractivity contribution < 1.29 is 23.9 Å². The molecular weight excluding hydrogens is 300 g/mol. The summed E-state index contributed by atoms with van der Waals surface area (Å²) < 4.78 is 9.83. The molecular formula is C16H16N2O5. The molecule has 0 atom stereocenters. The molecule has 120 valence electrons. The van der Waals surface area contributed by atoms with Crippen molar-refractivity contribution in [2.75, 3.05) is 20.3 Å². The fourth-order valence-electron chi connectivity index (χ4n) is 1.80. The van der Waals surface area contributed by atoms with Crippen molar-refractivity contribution >= 4 is 17.7 Å². The van der Waals surface area contributed by atoms with Crippen LogP contribution in [-0.4, -0.2) is 42.9 Å². The smallest absolute Gasteiger partial charge is 0.325 e. The molecule has 0 aliphatic carbocycles. The number of Topliss-reactive ketones (excluding diaryl/α,β-unsaturated/α-hetero) is 1. The predicted octanol–water partition coefficient (Wildman–Crippen LogP) is 1.18. The summed E-state index contributed by atoms with van der Waals surface area (Å²) in [5, 5.41) is 2.42. The fourth-order valence-corrected chi connectivity index (χ4v) is 1.80. The lowest BCUT2D eigenvalue weighted by atomic mass is 10.2. The maximum atomic E-state index is 11.9. The number of hydrogen-bond donors (Lipinski definition) is 2. The van der Waals surface area contributed by atoms with Crippen molar-refractivity contribution in [1.82, 2.24) is 10.3 Å². The van der Waals surface area contributed by atoms with Gasteiger partial charge >= 0.3 is 5.97 Å². The van der Waals surface area contributed by atoms with Gasteiger partial charge in [0.2, 0.25) is 5.78 Å². The number of hydrogen-bond acceptors (Lipinski definition) is 5. The quantitative estimate of drug-likeness (QED) is 0.590. The molecule has 7 heteroatoms. The molecule has 1 aromatic heterocycles. The zero-order valence-corrected chi connectivity index (χ0v) is 12.5. The van der Waals surface area contributed by atoms with E-state index < -0.39 is 11.9 Å². The number of benzene rings is 1. The van der Waals surface area contributed by atoms with Gasteiger partial charge < -0.3 is 19.8 Å². The first kappa shape index (κ1) is 16.3. The molecule has 0 saturated carbocycles. The molecule has 2 rings (SSSR count). The van der Waals surface area contributed by atoms with Crippen LogP contribution in [0.3, 0.4) is 0 Å². The first-order valence-electron chi connectivity index (χ1n) is 6.84. The van der Waals surface area contributed by atoms with E-state index in [2.05, 4.69) is 10.3 Å². The number of amides is 1. The number of carbonyl (C=O) groups is 3. The van der Waals surface area contributed by atoms with Gasteiger partial charge in [-0.25, -0.2) is 0 Å². The van der Waals surface area contributed by atoms with Gasteiger partial charge in [0.1, 0.15) is 12.3 Å². The van der Waals surface area contributed by atoms with E-state index in [9.17, 15) is 14.4 Å². The third-order valence-corrected chi connectivity index (χ3v) is 2.99. The highest BCUT2D eigenvalue weighted by Gasteiger charge is 2.12. The Hall–Kier alpha value is -3.09. The van der Waals surface area contributed by atoms with Gasteiger partial charge in [-0.3, -0.25) is 14.4 Å². The third-order valence-electron chi connectivity index (χ3n) is 2.99. The van der Waals surface area contributed by atoms with Crippen molar-refractivity contribution in [3.63, 3.8) is 0 Å². The molecule has 1 aromatic carbocycles. The predicted molar refractivity (Wildman–Crippen MR) is 81.4 cm³/mol. The number of ether oxygens (including phenoxy) is 2. The molecule has 2 aromatic rings. The van der Waals surface area contributed by atoms with E-state index in [0.717, 1.165) is 0 Å². The summed E-state index contributed by atoms with van der Waals surface area (Å²) in [5.74, 6) is -0.933. The average Bonchev–Trinajstić information content (AvgIpc) is 3.12. The second kappa shape index (κ2) is 7.79. The van der Waals surface area contributed by atoms with Gasteiger partial charge in [0.25, 0.3) is 5.91 Å². The van der Waals surface area contributed by atoms with E-state index in [1.807, 2.05) is 0 Å². The Bertz CT molecular complexity index is 694. The standard InChI is InChI=1S/C16H16N2O5/c1-22-12-5-2-4-11(8-12)16(21)18-9-15(20)23-10-14(19)13-6-3-7-17-13/h2-8,17H,9-10H2,1H3,(H,18,21). The number of rotatable bonds is 7. The fraction of sp³-hybridized carbons (Fsp3) is 0.188. The Morgan fingerprint density at radius 2 is 2.00 bits per heavy atom. The molecule has 1 amide bonds. The summed E-state index contributed by atoms with van der Waals surface area (Å²) in [6.07, 6.45) is 1.60. The average molecular weight is 316 g/mol. The van der Waals surface area contributed by atoms with Crippen LogP contribution in [0.2, 0.25) is 0 Å². The molecule has 0 aliphatic rings. The maximum absolute atomic E-state index is 11.9. The molecule has 7 nitrogen and oxygen atoms in total. The summed E-state index contributed by atoms with van der Waals surface area (Å²) in [6, 6.07) is 9.77. The van der Waals surface area contributed by atoms with E-state index in [-0.39, 0.29) is 18.9 Å². The first-order chi connectivity index (χ1) is 11.1. The molecule has 1 heterocycles. The summed E-state index contributed by atoms with van der Waals surface area (Å²) in [5.41, 5.74) is 0.720.